The van der Waals surface area contributed by atoms with Crippen molar-refractivity contribution in [1.29, 1.82) is 0 Å². The van der Waals surface area contributed by atoms with E-state index in [1.54, 1.807) is 24.3 Å². The number of anilines is 2. The van der Waals surface area contributed by atoms with Crippen LogP contribution in [0.1, 0.15) is 23.8 Å². The third-order valence-corrected chi connectivity index (χ3v) is 5.84. The number of aromatic nitrogens is 2. The predicted octanol–water partition coefficient (Wildman–Crippen LogP) is 3.91. The third-order valence-electron chi connectivity index (χ3n) is 4.73. The van der Waals surface area contributed by atoms with Crippen molar-refractivity contribution < 1.29 is 14.3 Å². The number of ether oxygens (including phenoxy) is 2. The summed E-state index contributed by atoms with van der Waals surface area (Å²) >= 11 is 1.63. The Morgan fingerprint density at radius 2 is 1.96 bits per heavy atom. The van der Waals surface area contributed by atoms with Gasteiger partial charge in [0.1, 0.15) is 23.0 Å². The predicted molar refractivity (Wildman–Crippen MR) is 111 cm³/mol. The van der Waals surface area contributed by atoms with Crippen LogP contribution in [0.4, 0.5) is 11.5 Å². The molecule has 28 heavy (non-hydrogen) atoms. The van der Waals surface area contributed by atoms with Gasteiger partial charge in [0.25, 0.3) is 0 Å². The summed E-state index contributed by atoms with van der Waals surface area (Å²) in [6.07, 6.45) is 2.36. The highest BCUT2D eigenvalue weighted by molar-refractivity contribution is 7.18. The number of nitrogens with one attached hydrogen (secondary N) is 2. The van der Waals surface area contributed by atoms with Crippen molar-refractivity contribution in [3.8, 4) is 11.5 Å². The van der Waals surface area contributed by atoms with Crippen LogP contribution < -0.4 is 20.1 Å². The molecule has 0 saturated carbocycles. The van der Waals surface area contributed by atoms with Gasteiger partial charge < -0.3 is 20.1 Å². The van der Waals surface area contributed by atoms with E-state index in [2.05, 4.69) is 27.5 Å². The molecule has 0 radical (unpaired) electrons. The zero-order valence-electron chi connectivity index (χ0n) is 16.0. The van der Waals surface area contributed by atoms with E-state index in [0.29, 0.717) is 36.2 Å². The minimum atomic E-state index is -0.478. The number of amides is 1. The van der Waals surface area contributed by atoms with Gasteiger partial charge >= 0.3 is 0 Å². The van der Waals surface area contributed by atoms with Gasteiger partial charge in [-0.15, -0.1) is 11.3 Å². The van der Waals surface area contributed by atoms with E-state index >= 15 is 0 Å². The Balaban J connectivity index is 1.49. The number of carbonyl (C=O) groups excluding carboxylic acids is 1. The maximum atomic E-state index is 12.7. The average molecular weight is 398 g/mol. The molecular formula is C20H22N4O3S. The number of hydrogen-bond acceptors (Lipinski definition) is 7. The Bertz CT molecular complexity index is 1030. The Hall–Kier alpha value is -2.87. The molecule has 0 bridgehead atoms. The summed E-state index contributed by atoms with van der Waals surface area (Å²) in [5.74, 6) is 1.87. The number of nitrogens with zero attached hydrogens (tertiary/aromatic N) is 2. The fraction of sp³-hybridized carbons (Fsp3) is 0.350. The first-order chi connectivity index (χ1) is 13.5. The highest BCUT2D eigenvalue weighted by Crippen LogP contribution is 2.34. The Labute approximate surface area is 167 Å². The second kappa shape index (κ2) is 7.63. The number of hydrogen-bond donors (Lipinski definition) is 2. The number of carbonyl (C=O) groups is 1. The summed E-state index contributed by atoms with van der Waals surface area (Å²) in [6.45, 7) is 7.15. The summed E-state index contributed by atoms with van der Waals surface area (Å²) < 4.78 is 11.3. The van der Waals surface area contributed by atoms with Gasteiger partial charge in [0.15, 0.2) is 11.5 Å². The lowest BCUT2D eigenvalue weighted by Gasteiger charge is -2.16. The summed E-state index contributed by atoms with van der Waals surface area (Å²) in [4.78, 5) is 23.5. The summed E-state index contributed by atoms with van der Waals surface area (Å²) in [6, 6.07) is 4.95. The first-order valence-electron chi connectivity index (χ1n) is 9.20. The zero-order chi connectivity index (χ0) is 19.7. The molecule has 0 fully saturated rings. The van der Waals surface area contributed by atoms with Crippen LogP contribution in [0.5, 0.6) is 11.5 Å². The van der Waals surface area contributed by atoms with Gasteiger partial charge in [0.2, 0.25) is 5.91 Å². The molecule has 1 atom stereocenters. The molecule has 8 heteroatoms. The Morgan fingerprint density at radius 3 is 2.79 bits per heavy atom. The lowest BCUT2D eigenvalue weighted by molar-refractivity contribution is -0.116. The Kier molecular flexibility index (Phi) is 5.04. The molecule has 146 valence electrons. The van der Waals surface area contributed by atoms with Gasteiger partial charge in [-0.2, -0.15) is 0 Å². The number of aryl methyl sites for hydroxylation is 2. The smallest absolute Gasteiger partial charge is 0.246 e. The first-order valence-corrected chi connectivity index (χ1v) is 10.0. The standard InChI is InChI=1S/C20H22N4O3S/c1-11-13(3)28-20-17(11)18(21-10-22-20)23-12(2)19(25)24-14-5-6-15-16(9-14)27-8-4-7-26-15/h5-6,9-10,12H,4,7-8H2,1-3H3,(H,24,25)(H,21,22,23)/t12-/m1/s1. The molecule has 1 amide bonds. The maximum Gasteiger partial charge on any atom is 0.246 e. The summed E-state index contributed by atoms with van der Waals surface area (Å²) in [5, 5.41) is 7.11. The van der Waals surface area contributed by atoms with Crippen molar-refractivity contribution >= 4 is 39.0 Å². The first kappa shape index (κ1) is 18.5. The van der Waals surface area contributed by atoms with E-state index in [4.69, 9.17) is 9.47 Å². The number of thiophene rings is 1. The molecule has 1 aliphatic heterocycles. The molecule has 0 spiro atoms. The van der Waals surface area contributed by atoms with Gasteiger partial charge in [0.05, 0.1) is 18.6 Å². The average Bonchev–Trinajstić information content (AvgIpc) is 2.84. The number of benzene rings is 1. The van der Waals surface area contributed by atoms with Crippen LogP contribution in [-0.4, -0.2) is 35.1 Å². The second-order valence-electron chi connectivity index (χ2n) is 6.75. The van der Waals surface area contributed by atoms with Crippen LogP contribution in [-0.2, 0) is 4.79 Å². The molecule has 4 rings (SSSR count). The number of fused-ring (bicyclic) bond motifs is 2. The molecule has 3 aromatic rings. The van der Waals surface area contributed by atoms with E-state index in [1.165, 1.54) is 11.2 Å². The van der Waals surface area contributed by atoms with E-state index in [9.17, 15) is 4.79 Å². The van der Waals surface area contributed by atoms with Gasteiger partial charge in [-0.05, 0) is 38.5 Å². The lowest BCUT2D eigenvalue weighted by Crippen LogP contribution is -2.32. The quantitative estimate of drug-likeness (QED) is 0.693. The van der Waals surface area contributed by atoms with Crippen LogP contribution in [0.15, 0.2) is 24.5 Å². The minimum absolute atomic E-state index is 0.161. The van der Waals surface area contributed by atoms with Crippen molar-refractivity contribution in [2.45, 2.75) is 33.2 Å². The fourth-order valence-corrected chi connectivity index (χ4v) is 4.05. The molecule has 7 nitrogen and oxygen atoms in total. The van der Waals surface area contributed by atoms with Crippen molar-refractivity contribution in [2.75, 3.05) is 23.8 Å². The monoisotopic (exact) mass is 398 g/mol. The molecule has 0 saturated heterocycles. The van der Waals surface area contributed by atoms with Gasteiger partial charge in [-0.3, -0.25) is 4.79 Å². The molecule has 1 aliphatic rings. The molecule has 2 N–H and O–H groups in total. The largest absolute Gasteiger partial charge is 0.490 e. The molecule has 0 unspecified atom stereocenters. The highest BCUT2D eigenvalue weighted by Gasteiger charge is 2.19. The zero-order valence-corrected chi connectivity index (χ0v) is 16.9. The van der Waals surface area contributed by atoms with E-state index < -0.39 is 6.04 Å². The highest BCUT2D eigenvalue weighted by atomic mass is 32.1. The van der Waals surface area contributed by atoms with Crippen LogP contribution >= 0.6 is 11.3 Å². The van der Waals surface area contributed by atoms with Crippen molar-refractivity contribution in [3.63, 3.8) is 0 Å². The molecule has 1 aromatic carbocycles. The molecule has 2 aromatic heterocycles. The van der Waals surface area contributed by atoms with Crippen LogP contribution in [0, 0.1) is 13.8 Å². The topological polar surface area (TPSA) is 85.4 Å². The molecular weight excluding hydrogens is 376 g/mol. The normalized spacial score (nSPS) is 14.4. The van der Waals surface area contributed by atoms with E-state index in [0.717, 1.165) is 22.2 Å². The van der Waals surface area contributed by atoms with Crippen LogP contribution in [0.25, 0.3) is 10.2 Å². The fourth-order valence-electron chi connectivity index (χ4n) is 3.05. The summed E-state index contributed by atoms with van der Waals surface area (Å²) in [5.41, 5.74) is 1.80. The number of rotatable bonds is 4. The van der Waals surface area contributed by atoms with E-state index in [-0.39, 0.29) is 5.91 Å². The van der Waals surface area contributed by atoms with Crippen LogP contribution in [0.2, 0.25) is 0 Å². The van der Waals surface area contributed by atoms with Crippen molar-refractivity contribution in [3.05, 3.63) is 35.0 Å². The van der Waals surface area contributed by atoms with Gasteiger partial charge in [-0.1, -0.05) is 0 Å². The van der Waals surface area contributed by atoms with Crippen molar-refractivity contribution in [1.82, 2.24) is 9.97 Å². The van der Waals surface area contributed by atoms with Gasteiger partial charge in [0, 0.05) is 23.1 Å². The lowest BCUT2D eigenvalue weighted by atomic mass is 10.2. The SMILES string of the molecule is Cc1sc2ncnc(N[C@H](C)C(=O)Nc3ccc4c(c3)OCCCO4)c2c1C. The van der Waals surface area contributed by atoms with Crippen LogP contribution in [0.3, 0.4) is 0 Å². The van der Waals surface area contributed by atoms with Gasteiger partial charge in [-0.25, -0.2) is 9.97 Å². The van der Waals surface area contributed by atoms with E-state index in [1.807, 2.05) is 19.1 Å². The third kappa shape index (κ3) is 3.60. The molecule has 0 aliphatic carbocycles. The summed E-state index contributed by atoms with van der Waals surface area (Å²) in [7, 11) is 0. The minimum Gasteiger partial charge on any atom is -0.490 e. The second-order valence-corrected chi connectivity index (χ2v) is 7.96. The molecule has 3 heterocycles. The van der Waals surface area contributed by atoms with Crippen molar-refractivity contribution in [2.24, 2.45) is 0 Å². The maximum absolute atomic E-state index is 12.7. The Morgan fingerprint density at radius 1 is 1.18 bits per heavy atom.